The average molecular weight is 351 g/mol. The Bertz CT molecular complexity index is 845. The predicted octanol–water partition coefficient (Wildman–Crippen LogP) is 5.12. The van der Waals surface area contributed by atoms with Gasteiger partial charge in [0.25, 0.3) is 0 Å². The third kappa shape index (κ3) is 4.92. The minimum atomic E-state index is -0.220. The van der Waals surface area contributed by atoms with E-state index in [1.807, 2.05) is 24.3 Å². The molecule has 1 heterocycles. The molecule has 0 spiro atoms. The molecule has 25 heavy (non-hydrogen) atoms. The van der Waals surface area contributed by atoms with Crippen LogP contribution in [0.4, 0.5) is 0 Å². The zero-order valence-electron chi connectivity index (χ0n) is 14.4. The molecule has 0 fully saturated rings. The highest BCUT2D eigenvalue weighted by atomic mass is 32.2. The van der Waals surface area contributed by atoms with Crippen LogP contribution >= 0.6 is 11.8 Å². The van der Waals surface area contributed by atoms with Crippen molar-refractivity contribution in [3.63, 3.8) is 0 Å². The Morgan fingerprint density at radius 2 is 1.64 bits per heavy atom. The van der Waals surface area contributed by atoms with Crippen LogP contribution in [-0.4, -0.2) is 31.2 Å². The highest BCUT2D eigenvalue weighted by Crippen LogP contribution is 2.23. The molecule has 0 amide bonds. The van der Waals surface area contributed by atoms with Gasteiger partial charge in [-0.1, -0.05) is 60.7 Å². The molecule has 4 heteroatoms. The number of rotatable bonds is 7. The fraction of sp³-hybridized carbons (Fsp3) is 0.190. The number of pyridine rings is 1. The van der Waals surface area contributed by atoms with Gasteiger partial charge in [-0.3, -0.25) is 0 Å². The van der Waals surface area contributed by atoms with Gasteiger partial charge in [0.1, 0.15) is 0 Å². The molecular weight excluding hydrogens is 330 g/mol. The second kappa shape index (κ2) is 8.81. The van der Waals surface area contributed by atoms with E-state index in [4.69, 9.17) is 14.5 Å². The molecule has 0 saturated heterocycles. The van der Waals surface area contributed by atoms with E-state index in [1.165, 1.54) is 5.56 Å². The zero-order valence-corrected chi connectivity index (χ0v) is 15.2. The van der Waals surface area contributed by atoms with Gasteiger partial charge in [-0.05, 0) is 23.3 Å². The minimum Gasteiger partial charge on any atom is -0.355 e. The molecule has 0 aliphatic rings. The Balaban J connectivity index is 1.77. The Morgan fingerprint density at radius 1 is 0.920 bits per heavy atom. The monoisotopic (exact) mass is 351 g/mol. The smallest absolute Gasteiger partial charge is 0.166 e. The minimum absolute atomic E-state index is 0.220. The molecule has 3 aromatic rings. The van der Waals surface area contributed by atoms with Gasteiger partial charge in [0, 0.05) is 19.6 Å². The number of hydrogen-bond acceptors (Lipinski definition) is 4. The van der Waals surface area contributed by atoms with Gasteiger partial charge in [-0.2, -0.15) is 0 Å². The van der Waals surface area contributed by atoms with Crippen molar-refractivity contribution in [3.8, 4) is 0 Å². The number of benzene rings is 2. The molecule has 1 aromatic heterocycles. The van der Waals surface area contributed by atoms with Crippen LogP contribution in [-0.2, 0) is 9.47 Å². The van der Waals surface area contributed by atoms with Crippen LogP contribution in [0.1, 0.15) is 11.1 Å². The number of hydrogen-bond donors (Lipinski definition) is 0. The first-order chi connectivity index (χ1) is 12.3. The summed E-state index contributed by atoms with van der Waals surface area (Å²) < 4.78 is 10.4. The van der Waals surface area contributed by atoms with E-state index >= 15 is 0 Å². The van der Waals surface area contributed by atoms with Crippen LogP contribution in [0.5, 0.6) is 0 Å². The fourth-order valence-electron chi connectivity index (χ4n) is 2.44. The predicted molar refractivity (Wildman–Crippen MR) is 106 cm³/mol. The van der Waals surface area contributed by atoms with Gasteiger partial charge < -0.3 is 9.47 Å². The van der Waals surface area contributed by atoms with Crippen molar-refractivity contribution < 1.29 is 9.47 Å². The first-order valence-electron chi connectivity index (χ1n) is 8.11. The lowest BCUT2D eigenvalue weighted by molar-refractivity contribution is -0.0842. The summed E-state index contributed by atoms with van der Waals surface area (Å²) in [6.07, 6.45) is 4.01. The lowest BCUT2D eigenvalue weighted by Gasteiger charge is -2.12. The number of thioether (sulfide) groups is 1. The summed E-state index contributed by atoms with van der Waals surface area (Å²) in [5.74, 6) is 0.707. The molecule has 0 N–H and O–H groups in total. The lowest BCUT2D eigenvalue weighted by Crippen LogP contribution is -2.15. The largest absolute Gasteiger partial charge is 0.355 e. The van der Waals surface area contributed by atoms with Gasteiger partial charge in [0.2, 0.25) is 0 Å². The summed E-state index contributed by atoms with van der Waals surface area (Å²) in [6.45, 7) is 0. The molecule has 0 saturated carbocycles. The van der Waals surface area contributed by atoms with E-state index in [1.54, 1.807) is 26.0 Å². The van der Waals surface area contributed by atoms with Crippen LogP contribution in [0.3, 0.4) is 0 Å². The second-order valence-corrected chi connectivity index (χ2v) is 6.60. The zero-order chi connectivity index (χ0) is 17.5. The van der Waals surface area contributed by atoms with Crippen LogP contribution in [0.25, 0.3) is 23.1 Å². The molecule has 0 radical (unpaired) electrons. The Kier molecular flexibility index (Phi) is 6.23. The highest BCUT2D eigenvalue weighted by Gasteiger charge is 2.07. The van der Waals surface area contributed by atoms with Crippen LogP contribution in [0.2, 0.25) is 0 Å². The second-order valence-electron chi connectivity index (χ2n) is 5.56. The first-order valence-corrected chi connectivity index (χ1v) is 9.09. The van der Waals surface area contributed by atoms with Crippen molar-refractivity contribution in [3.05, 3.63) is 71.8 Å². The topological polar surface area (TPSA) is 31.4 Å². The van der Waals surface area contributed by atoms with E-state index < -0.39 is 0 Å². The van der Waals surface area contributed by atoms with Crippen molar-refractivity contribution in [1.82, 2.24) is 4.98 Å². The number of methoxy groups -OCH3 is 2. The molecular formula is C21H21NO2S. The van der Waals surface area contributed by atoms with Crippen molar-refractivity contribution in [2.24, 2.45) is 0 Å². The maximum absolute atomic E-state index is 5.22. The molecule has 2 aromatic carbocycles. The Labute approximate surface area is 152 Å². The summed E-state index contributed by atoms with van der Waals surface area (Å²) in [6, 6.07) is 20.8. The number of aromatic nitrogens is 1. The van der Waals surface area contributed by atoms with Crippen LogP contribution < -0.4 is 0 Å². The maximum atomic E-state index is 5.22. The summed E-state index contributed by atoms with van der Waals surface area (Å²) in [5, 5.41) is 2.10. The number of ether oxygens (including phenoxy) is 2. The van der Waals surface area contributed by atoms with E-state index in [0.717, 1.165) is 21.5 Å². The van der Waals surface area contributed by atoms with Gasteiger partial charge >= 0.3 is 0 Å². The summed E-state index contributed by atoms with van der Waals surface area (Å²) >= 11 is 1.63. The molecule has 0 bridgehead atoms. The van der Waals surface area contributed by atoms with E-state index in [0.29, 0.717) is 5.75 Å². The normalized spacial score (nSPS) is 11.6. The fourth-order valence-corrected chi connectivity index (χ4v) is 3.35. The summed E-state index contributed by atoms with van der Waals surface area (Å²) in [4.78, 5) is 4.75. The third-order valence-corrected chi connectivity index (χ3v) is 4.81. The summed E-state index contributed by atoms with van der Waals surface area (Å²) in [7, 11) is 3.29. The lowest BCUT2D eigenvalue weighted by atomic mass is 10.1. The van der Waals surface area contributed by atoms with Gasteiger partial charge in [-0.15, -0.1) is 11.8 Å². The van der Waals surface area contributed by atoms with E-state index in [2.05, 4.69) is 48.6 Å². The molecule has 0 aliphatic carbocycles. The van der Waals surface area contributed by atoms with Crippen molar-refractivity contribution in [2.45, 2.75) is 11.3 Å². The highest BCUT2D eigenvalue weighted by molar-refractivity contribution is 7.99. The quantitative estimate of drug-likeness (QED) is 0.336. The molecule has 0 aliphatic heterocycles. The average Bonchev–Trinajstić information content (AvgIpc) is 2.67. The maximum Gasteiger partial charge on any atom is 0.166 e. The molecule has 0 unspecified atom stereocenters. The van der Waals surface area contributed by atoms with Crippen molar-refractivity contribution in [2.75, 3.05) is 20.0 Å². The third-order valence-electron chi connectivity index (χ3n) is 3.85. The molecule has 128 valence electrons. The summed E-state index contributed by atoms with van der Waals surface area (Å²) in [5.41, 5.74) is 3.31. The van der Waals surface area contributed by atoms with Gasteiger partial charge in [0.05, 0.1) is 16.3 Å². The van der Waals surface area contributed by atoms with E-state index in [9.17, 15) is 0 Å². The Hall–Kier alpha value is -2.14. The molecule has 3 rings (SSSR count). The standard InChI is InChI=1S/C21H21NO2S/c1-23-21(24-2)15-25-20-13-12-18-11-10-17(14-19(18)22-20)9-8-16-6-4-3-5-7-16/h3-14,21H,15H2,1-2H3/b9-8+. The van der Waals surface area contributed by atoms with Crippen LogP contribution in [0.15, 0.2) is 65.7 Å². The van der Waals surface area contributed by atoms with Crippen molar-refractivity contribution >= 4 is 34.8 Å². The molecule has 0 atom stereocenters. The first kappa shape index (κ1) is 17.7. The van der Waals surface area contributed by atoms with Gasteiger partial charge in [0.15, 0.2) is 6.29 Å². The van der Waals surface area contributed by atoms with Crippen molar-refractivity contribution in [1.29, 1.82) is 0 Å². The number of nitrogens with zero attached hydrogens (tertiary/aromatic N) is 1. The molecule has 3 nitrogen and oxygen atoms in total. The van der Waals surface area contributed by atoms with Crippen LogP contribution in [0, 0.1) is 0 Å². The number of fused-ring (bicyclic) bond motifs is 1. The SMILES string of the molecule is COC(CSc1ccc2ccc(/C=C/c3ccccc3)cc2n1)OC. The van der Waals surface area contributed by atoms with E-state index in [-0.39, 0.29) is 6.29 Å². The van der Waals surface area contributed by atoms with Gasteiger partial charge in [-0.25, -0.2) is 4.98 Å². The Morgan fingerprint density at radius 3 is 2.40 bits per heavy atom.